The van der Waals surface area contributed by atoms with Gasteiger partial charge in [-0.2, -0.15) is 0 Å². The molecule has 1 aromatic carbocycles. The second kappa shape index (κ2) is 2.36. The number of halogens is 2. The third-order valence-corrected chi connectivity index (χ3v) is 1.55. The average Bonchev–Trinajstić information content (AvgIpc) is 1.83. The van der Waals surface area contributed by atoms with Gasteiger partial charge in [-0.3, -0.25) is 0 Å². The molecule has 0 nitrogen and oxygen atoms in total. The quantitative estimate of drug-likeness (QED) is 0.524. The smallest absolute Gasteiger partial charge is 0.149 e. The van der Waals surface area contributed by atoms with E-state index in [-0.39, 0.29) is 5.02 Å². The standard InChI is InChI=1S/C7H5ClF/c1-5-3-2-4-6(9)7(5)8/h2-3H,1H3. The van der Waals surface area contributed by atoms with E-state index in [1.165, 1.54) is 6.07 Å². The molecule has 9 heavy (non-hydrogen) atoms. The topological polar surface area (TPSA) is 0 Å². The summed E-state index contributed by atoms with van der Waals surface area (Å²) in [4.78, 5) is 0. The maximum Gasteiger partial charge on any atom is 0.149 e. The Kier molecular flexibility index (Phi) is 1.72. The van der Waals surface area contributed by atoms with Crippen molar-refractivity contribution in [3.05, 3.63) is 34.6 Å². The van der Waals surface area contributed by atoms with Crippen molar-refractivity contribution in [1.29, 1.82) is 0 Å². The molecular weight excluding hydrogens is 139 g/mol. The van der Waals surface area contributed by atoms with E-state index in [1.54, 1.807) is 13.0 Å². The van der Waals surface area contributed by atoms with E-state index in [2.05, 4.69) is 6.07 Å². The third-order valence-electron chi connectivity index (χ3n) is 1.08. The van der Waals surface area contributed by atoms with Gasteiger partial charge >= 0.3 is 0 Å². The largest absolute Gasteiger partial charge is 0.205 e. The van der Waals surface area contributed by atoms with Crippen molar-refractivity contribution in [2.45, 2.75) is 6.92 Å². The molecule has 1 rings (SSSR count). The van der Waals surface area contributed by atoms with Gasteiger partial charge in [0.25, 0.3) is 0 Å². The first-order valence-corrected chi connectivity index (χ1v) is 2.92. The molecule has 0 fully saturated rings. The van der Waals surface area contributed by atoms with E-state index in [0.29, 0.717) is 0 Å². The highest BCUT2D eigenvalue weighted by Gasteiger charge is 1.99. The molecule has 0 saturated heterocycles. The summed E-state index contributed by atoms with van der Waals surface area (Å²) in [5.74, 6) is -0.475. The lowest BCUT2D eigenvalue weighted by atomic mass is 10.2. The number of rotatable bonds is 0. The Hall–Kier alpha value is -0.560. The molecule has 1 radical (unpaired) electrons. The monoisotopic (exact) mass is 143 g/mol. The summed E-state index contributed by atoms with van der Waals surface area (Å²) in [5, 5.41) is 0.164. The molecule has 0 spiro atoms. The zero-order chi connectivity index (χ0) is 6.85. The van der Waals surface area contributed by atoms with E-state index in [1.807, 2.05) is 0 Å². The van der Waals surface area contributed by atoms with Crippen LogP contribution in [0.3, 0.4) is 0 Å². The summed E-state index contributed by atoms with van der Waals surface area (Å²) < 4.78 is 12.4. The molecule has 0 heterocycles. The van der Waals surface area contributed by atoms with Crippen LogP contribution in [0.2, 0.25) is 5.02 Å². The highest BCUT2D eigenvalue weighted by atomic mass is 35.5. The highest BCUT2D eigenvalue weighted by molar-refractivity contribution is 6.31. The third kappa shape index (κ3) is 1.22. The first kappa shape index (κ1) is 6.56. The van der Waals surface area contributed by atoms with Crippen molar-refractivity contribution in [3.8, 4) is 0 Å². The molecule has 0 amide bonds. The number of aryl methyl sites for hydroxylation is 1. The normalized spacial score (nSPS) is 9.67. The summed E-state index contributed by atoms with van der Waals surface area (Å²) in [6.45, 7) is 1.75. The molecule has 2 heteroatoms. The Labute approximate surface area is 58.3 Å². The van der Waals surface area contributed by atoms with Crippen LogP contribution in [0.5, 0.6) is 0 Å². The van der Waals surface area contributed by atoms with Gasteiger partial charge in [0.1, 0.15) is 5.82 Å². The predicted octanol–water partition coefficient (Wildman–Crippen LogP) is 2.59. The molecule has 1 aromatic rings. The van der Waals surface area contributed by atoms with Crippen LogP contribution in [0.25, 0.3) is 0 Å². The summed E-state index contributed by atoms with van der Waals surface area (Å²) >= 11 is 5.47. The zero-order valence-corrected chi connectivity index (χ0v) is 5.67. The Morgan fingerprint density at radius 2 is 2.33 bits per heavy atom. The van der Waals surface area contributed by atoms with Crippen molar-refractivity contribution in [1.82, 2.24) is 0 Å². The Morgan fingerprint density at radius 1 is 1.67 bits per heavy atom. The fourth-order valence-electron chi connectivity index (χ4n) is 0.549. The SMILES string of the molecule is Cc1cc[c]c(F)c1Cl. The van der Waals surface area contributed by atoms with E-state index in [9.17, 15) is 4.39 Å². The van der Waals surface area contributed by atoms with Gasteiger partial charge in [-0.1, -0.05) is 23.7 Å². The van der Waals surface area contributed by atoms with Gasteiger partial charge in [0.15, 0.2) is 0 Å². The average molecular weight is 144 g/mol. The van der Waals surface area contributed by atoms with Crippen LogP contribution in [0.4, 0.5) is 4.39 Å². The second-order valence-corrected chi connectivity index (χ2v) is 2.17. The molecule has 0 aliphatic carbocycles. The number of benzene rings is 1. The van der Waals surface area contributed by atoms with Gasteiger partial charge in [0.05, 0.1) is 5.02 Å². The summed E-state index contributed by atoms with van der Waals surface area (Å²) in [6.07, 6.45) is 0. The summed E-state index contributed by atoms with van der Waals surface area (Å²) in [7, 11) is 0. The van der Waals surface area contributed by atoms with Crippen molar-refractivity contribution < 1.29 is 4.39 Å². The minimum atomic E-state index is -0.475. The molecule has 0 aromatic heterocycles. The fourth-order valence-corrected chi connectivity index (χ4v) is 0.667. The van der Waals surface area contributed by atoms with Crippen LogP contribution in [0.15, 0.2) is 12.1 Å². The minimum absolute atomic E-state index is 0.164. The Morgan fingerprint density at radius 3 is 2.78 bits per heavy atom. The van der Waals surface area contributed by atoms with Crippen LogP contribution in [-0.2, 0) is 0 Å². The van der Waals surface area contributed by atoms with E-state index < -0.39 is 5.82 Å². The molecule has 47 valence electrons. The maximum absolute atomic E-state index is 12.4. The molecule has 0 aliphatic heterocycles. The van der Waals surface area contributed by atoms with E-state index >= 15 is 0 Å². The maximum atomic E-state index is 12.4. The first-order chi connectivity index (χ1) is 4.22. The van der Waals surface area contributed by atoms with Crippen molar-refractivity contribution in [2.24, 2.45) is 0 Å². The second-order valence-electron chi connectivity index (χ2n) is 1.79. The van der Waals surface area contributed by atoms with Crippen molar-refractivity contribution in [3.63, 3.8) is 0 Å². The van der Waals surface area contributed by atoms with Gasteiger partial charge in [0, 0.05) is 6.07 Å². The van der Waals surface area contributed by atoms with Crippen LogP contribution < -0.4 is 0 Å². The molecule has 0 atom stereocenters. The van der Waals surface area contributed by atoms with Crippen LogP contribution in [-0.4, -0.2) is 0 Å². The van der Waals surface area contributed by atoms with Crippen molar-refractivity contribution in [2.75, 3.05) is 0 Å². The molecular formula is C7H5ClF. The predicted molar refractivity (Wildman–Crippen MR) is 35.0 cm³/mol. The van der Waals surface area contributed by atoms with Crippen LogP contribution in [0.1, 0.15) is 5.56 Å². The molecule has 0 N–H and O–H groups in total. The van der Waals surface area contributed by atoms with E-state index in [4.69, 9.17) is 11.6 Å². The molecule has 0 saturated carbocycles. The number of hydrogen-bond acceptors (Lipinski definition) is 0. The summed E-state index contributed by atoms with van der Waals surface area (Å²) in [5.41, 5.74) is 0.743. The molecule has 0 unspecified atom stereocenters. The van der Waals surface area contributed by atoms with E-state index in [0.717, 1.165) is 5.56 Å². The summed E-state index contributed by atoms with van der Waals surface area (Å²) in [6, 6.07) is 5.57. The van der Waals surface area contributed by atoms with Gasteiger partial charge in [-0.15, -0.1) is 0 Å². The molecule has 0 aliphatic rings. The highest BCUT2D eigenvalue weighted by Crippen LogP contribution is 2.17. The fraction of sp³-hybridized carbons (Fsp3) is 0.143. The molecule has 0 bridgehead atoms. The lowest BCUT2D eigenvalue weighted by Crippen LogP contribution is -1.79. The lowest BCUT2D eigenvalue weighted by molar-refractivity contribution is 0.625. The van der Waals surface area contributed by atoms with Crippen LogP contribution >= 0.6 is 11.6 Å². The van der Waals surface area contributed by atoms with Crippen LogP contribution in [0, 0.1) is 18.8 Å². The lowest BCUT2D eigenvalue weighted by Gasteiger charge is -1.94. The van der Waals surface area contributed by atoms with Gasteiger partial charge in [0.2, 0.25) is 0 Å². The first-order valence-electron chi connectivity index (χ1n) is 2.54. The Balaban J connectivity index is 3.25. The zero-order valence-electron chi connectivity index (χ0n) is 4.91. The number of hydrogen-bond donors (Lipinski definition) is 0. The minimum Gasteiger partial charge on any atom is -0.205 e. The van der Waals surface area contributed by atoms with Crippen molar-refractivity contribution >= 4 is 11.6 Å². The van der Waals surface area contributed by atoms with Gasteiger partial charge < -0.3 is 0 Å². The van der Waals surface area contributed by atoms with Gasteiger partial charge in [-0.05, 0) is 12.5 Å². The Bertz CT molecular complexity index is 200. The van der Waals surface area contributed by atoms with Gasteiger partial charge in [-0.25, -0.2) is 4.39 Å².